The number of unbranched alkanes of at least 4 members (excludes halogenated alkanes) is 3. The summed E-state index contributed by atoms with van der Waals surface area (Å²) in [5, 5.41) is 0. The van der Waals surface area contributed by atoms with E-state index in [4.69, 9.17) is 0 Å². The minimum Gasteiger partial charge on any atom is -0.0654 e. The normalized spacial score (nSPS) is 21.3. The van der Waals surface area contributed by atoms with E-state index in [9.17, 15) is 0 Å². The van der Waals surface area contributed by atoms with Crippen molar-refractivity contribution in [3.63, 3.8) is 0 Å². The standard InChI is InChI=1S/C18H36/c1-5-7-8-9-12-18(13-10-14-18)17(4)15-16(3)11-6-2/h16-17H,5-15H2,1-4H3. The second-order valence-electron chi connectivity index (χ2n) is 7.06. The highest BCUT2D eigenvalue weighted by Gasteiger charge is 2.41. The van der Waals surface area contributed by atoms with E-state index in [2.05, 4.69) is 27.7 Å². The monoisotopic (exact) mass is 252 g/mol. The van der Waals surface area contributed by atoms with Crippen LogP contribution in [0.1, 0.15) is 98.3 Å². The summed E-state index contributed by atoms with van der Waals surface area (Å²) in [6.07, 6.45) is 16.1. The Morgan fingerprint density at radius 2 is 1.67 bits per heavy atom. The third-order valence-corrected chi connectivity index (χ3v) is 5.46. The van der Waals surface area contributed by atoms with E-state index in [1.54, 1.807) is 0 Å². The molecule has 0 saturated heterocycles. The molecule has 2 atom stereocenters. The molecule has 1 fully saturated rings. The Hall–Kier alpha value is 0. The molecular weight excluding hydrogens is 216 g/mol. The van der Waals surface area contributed by atoms with Gasteiger partial charge in [0.2, 0.25) is 0 Å². The molecule has 0 aromatic carbocycles. The fourth-order valence-electron chi connectivity index (χ4n) is 3.99. The second-order valence-corrected chi connectivity index (χ2v) is 7.06. The van der Waals surface area contributed by atoms with Crippen molar-refractivity contribution < 1.29 is 0 Å². The smallest absolute Gasteiger partial charge is 0.0272 e. The summed E-state index contributed by atoms with van der Waals surface area (Å²) in [5.41, 5.74) is 0.760. The molecule has 1 aliphatic carbocycles. The maximum atomic E-state index is 2.55. The maximum Gasteiger partial charge on any atom is -0.0272 e. The summed E-state index contributed by atoms with van der Waals surface area (Å²) in [5.74, 6) is 1.91. The van der Waals surface area contributed by atoms with Crippen LogP contribution in [0.4, 0.5) is 0 Å². The van der Waals surface area contributed by atoms with E-state index >= 15 is 0 Å². The van der Waals surface area contributed by atoms with Crippen LogP contribution in [0, 0.1) is 17.3 Å². The fraction of sp³-hybridized carbons (Fsp3) is 1.00. The van der Waals surface area contributed by atoms with Gasteiger partial charge >= 0.3 is 0 Å². The molecule has 0 bridgehead atoms. The van der Waals surface area contributed by atoms with Crippen molar-refractivity contribution >= 4 is 0 Å². The van der Waals surface area contributed by atoms with Crippen molar-refractivity contribution in [1.82, 2.24) is 0 Å². The zero-order valence-electron chi connectivity index (χ0n) is 13.4. The first-order valence-electron chi connectivity index (χ1n) is 8.64. The molecule has 2 unspecified atom stereocenters. The van der Waals surface area contributed by atoms with Crippen LogP contribution in [-0.4, -0.2) is 0 Å². The number of rotatable bonds is 10. The summed E-state index contributed by atoms with van der Waals surface area (Å²) in [4.78, 5) is 0. The molecule has 1 rings (SSSR count). The zero-order chi connectivity index (χ0) is 13.4. The van der Waals surface area contributed by atoms with Gasteiger partial charge in [-0.05, 0) is 42.9 Å². The van der Waals surface area contributed by atoms with Crippen molar-refractivity contribution in [2.75, 3.05) is 0 Å². The van der Waals surface area contributed by atoms with Crippen LogP contribution < -0.4 is 0 Å². The Balaban J connectivity index is 2.33. The Morgan fingerprint density at radius 1 is 0.944 bits per heavy atom. The lowest BCUT2D eigenvalue weighted by atomic mass is 9.57. The first-order valence-corrected chi connectivity index (χ1v) is 8.64. The molecule has 0 aromatic rings. The maximum absolute atomic E-state index is 2.55. The minimum absolute atomic E-state index is 0.760. The summed E-state index contributed by atoms with van der Waals surface area (Å²) in [7, 11) is 0. The molecule has 0 heteroatoms. The molecule has 0 N–H and O–H groups in total. The van der Waals surface area contributed by atoms with Crippen molar-refractivity contribution in [2.24, 2.45) is 17.3 Å². The van der Waals surface area contributed by atoms with Crippen LogP contribution in [0.5, 0.6) is 0 Å². The molecule has 0 spiro atoms. The van der Waals surface area contributed by atoms with Gasteiger partial charge in [-0.15, -0.1) is 0 Å². The molecule has 0 radical (unpaired) electrons. The Kier molecular flexibility index (Phi) is 7.34. The lowest BCUT2D eigenvalue weighted by Crippen LogP contribution is -2.36. The first-order chi connectivity index (χ1) is 8.64. The molecule has 108 valence electrons. The summed E-state index contributed by atoms with van der Waals surface area (Å²) < 4.78 is 0. The molecule has 18 heavy (non-hydrogen) atoms. The van der Waals surface area contributed by atoms with Gasteiger partial charge in [0.1, 0.15) is 0 Å². The Bertz CT molecular complexity index is 202. The highest BCUT2D eigenvalue weighted by molar-refractivity contribution is 4.92. The van der Waals surface area contributed by atoms with Gasteiger partial charge in [0, 0.05) is 0 Å². The molecule has 0 aliphatic heterocycles. The highest BCUT2D eigenvalue weighted by atomic mass is 14.5. The van der Waals surface area contributed by atoms with Crippen LogP contribution in [-0.2, 0) is 0 Å². The van der Waals surface area contributed by atoms with Gasteiger partial charge in [0.15, 0.2) is 0 Å². The van der Waals surface area contributed by atoms with Crippen molar-refractivity contribution in [1.29, 1.82) is 0 Å². The highest BCUT2D eigenvalue weighted by Crippen LogP contribution is 2.52. The average Bonchev–Trinajstić information content (AvgIpc) is 2.27. The fourth-order valence-corrected chi connectivity index (χ4v) is 3.99. The Labute approximate surface area is 116 Å². The quantitative estimate of drug-likeness (QED) is 0.385. The topological polar surface area (TPSA) is 0 Å². The van der Waals surface area contributed by atoms with Crippen LogP contribution >= 0.6 is 0 Å². The molecule has 0 amide bonds. The summed E-state index contributed by atoms with van der Waals surface area (Å²) in [6.45, 7) is 9.65. The predicted octanol–water partition coefficient (Wildman–Crippen LogP) is 6.59. The van der Waals surface area contributed by atoms with E-state index in [1.165, 1.54) is 70.6 Å². The minimum atomic E-state index is 0.760. The van der Waals surface area contributed by atoms with Crippen molar-refractivity contribution in [3.8, 4) is 0 Å². The second kappa shape index (κ2) is 8.23. The predicted molar refractivity (Wildman–Crippen MR) is 82.9 cm³/mol. The lowest BCUT2D eigenvalue weighted by molar-refractivity contribution is 0.0314. The van der Waals surface area contributed by atoms with E-state index in [-0.39, 0.29) is 0 Å². The van der Waals surface area contributed by atoms with Crippen molar-refractivity contribution in [2.45, 2.75) is 98.3 Å². The molecular formula is C18H36. The van der Waals surface area contributed by atoms with Gasteiger partial charge in [0.05, 0.1) is 0 Å². The largest absolute Gasteiger partial charge is 0.0654 e. The van der Waals surface area contributed by atoms with Crippen LogP contribution in [0.3, 0.4) is 0 Å². The lowest BCUT2D eigenvalue weighted by Gasteiger charge is -2.48. The average molecular weight is 252 g/mol. The Morgan fingerprint density at radius 3 is 2.17 bits per heavy atom. The van der Waals surface area contributed by atoms with Crippen LogP contribution in [0.2, 0.25) is 0 Å². The van der Waals surface area contributed by atoms with Gasteiger partial charge in [-0.3, -0.25) is 0 Å². The van der Waals surface area contributed by atoms with Gasteiger partial charge in [-0.25, -0.2) is 0 Å². The van der Waals surface area contributed by atoms with Gasteiger partial charge in [0.25, 0.3) is 0 Å². The van der Waals surface area contributed by atoms with Gasteiger partial charge in [-0.1, -0.05) is 72.6 Å². The van der Waals surface area contributed by atoms with Gasteiger partial charge < -0.3 is 0 Å². The summed E-state index contributed by atoms with van der Waals surface area (Å²) >= 11 is 0. The zero-order valence-corrected chi connectivity index (χ0v) is 13.4. The first kappa shape index (κ1) is 16.1. The third-order valence-electron chi connectivity index (χ3n) is 5.46. The molecule has 0 aromatic heterocycles. The van der Waals surface area contributed by atoms with Crippen LogP contribution in [0.15, 0.2) is 0 Å². The molecule has 1 aliphatic rings. The molecule has 0 heterocycles. The third kappa shape index (κ3) is 4.59. The number of hydrogen-bond acceptors (Lipinski definition) is 0. The van der Waals surface area contributed by atoms with E-state index in [0.717, 1.165) is 17.3 Å². The molecule has 0 nitrogen and oxygen atoms in total. The SMILES string of the molecule is CCCCCCC1(C(C)CC(C)CCC)CCC1. The van der Waals surface area contributed by atoms with Gasteiger partial charge in [-0.2, -0.15) is 0 Å². The number of hydrogen-bond donors (Lipinski definition) is 0. The van der Waals surface area contributed by atoms with E-state index < -0.39 is 0 Å². The van der Waals surface area contributed by atoms with E-state index in [0.29, 0.717) is 0 Å². The molecule has 1 saturated carbocycles. The van der Waals surface area contributed by atoms with E-state index in [1.807, 2.05) is 0 Å². The van der Waals surface area contributed by atoms with Crippen molar-refractivity contribution in [3.05, 3.63) is 0 Å². The van der Waals surface area contributed by atoms with Crippen LogP contribution in [0.25, 0.3) is 0 Å². The summed E-state index contributed by atoms with van der Waals surface area (Å²) in [6, 6.07) is 0.